The molecule has 0 heterocycles. The summed E-state index contributed by atoms with van der Waals surface area (Å²) in [5, 5.41) is 8.87. The Labute approximate surface area is 310 Å². The number of nitrogens with two attached hydrogens (primary N) is 1. The normalized spacial score (nSPS) is 13.8. The van der Waals surface area contributed by atoms with Gasteiger partial charge in [0.25, 0.3) is 0 Å². The van der Waals surface area contributed by atoms with Crippen molar-refractivity contribution in [2.75, 3.05) is 19.8 Å². The lowest BCUT2D eigenvalue weighted by Gasteiger charge is -2.20. The number of hydrogen-bond acceptors (Lipinski definition) is 9. The lowest BCUT2D eigenvalue weighted by molar-refractivity contribution is -0.161. The standard InChI is InChI=1S/C39H76NO10P/c1-3-5-7-9-11-13-15-17-18-19-21-23-25-27-29-31-38(42)50-35(33-48-51(45,46)49-34-36(40)39(43)44)32-47-37(41)30-28-26-24-22-20-16-14-12-10-8-6-4-2/h35-36H,3-34,40H2,1-2H3,(H,43,44)(H,45,46). The molecule has 0 radical (unpaired) electrons. The summed E-state index contributed by atoms with van der Waals surface area (Å²) in [7, 11) is -4.70. The van der Waals surface area contributed by atoms with E-state index in [-0.39, 0.29) is 19.4 Å². The summed E-state index contributed by atoms with van der Waals surface area (Å²) >= 11 is 0. The fraction of sp³-hybridized carbons (Fsp3) is 0.923. The van der Waals surface area contributed by atoms with Gasteiger partial charge in [0.15, 0.2) is 6.10 Å². The molecular weight excluding hydrogens is 673 g/mol. The zero-order valence-electron chi connectivity index (χ0n) is 32.5. The van der Waals surface area contributed by atoms with Crippen LogP contribution >= 0.6 is 7.82 Å². The van der Waals surface area contributed by atoms with Crippen LogP contribution in [0.5, 0.6) is 0 Å². The van der Waals surface area contributed by atoms with Crippen LogP contribution in [0.4, 0.5) is 0 Å². The average molecular weight is 750 g/mol. The van der Waals surface area contributed by atoms with Gasteiger partial charge < -0.3 is 25.2 Å². The minimum Gasteiger partial charge on any atom is -0.480 e. The summed E-state index contributed by atoms with van der Waals surface area (Å²) in [5.41, 5.74) is 5.32. The molecule has 0 aliphatic heterocycles. The number of phosphoric ester groups is 1. The number of ether oxygens (including phenoxy) is 2. The first kappa shape index (κ1) is 49.5. The number of rotatable bonds is 39. The lowest BCUT2D eigenvalue weighted by Crippen LogP contribution is -2.34. The quantitative estimate of drug-likeness (QED) is 0.0310. The highest BCUT2D eigenvalue weighted by Crippen LogP contribution is 2.43. The van der Waals surface area contributed by atoms with Gasteiger partial charge in [-0.15, -0.1) is 0 Å². The molecule has 12 heteroatoms. The van der Waals surface area contributed by atoms with Crippen molar-refractivity contribution in [1.82, 2.24) is 0 Å². The van der Waals surface area contributed by atoms with Crippen LogP contribution in [-0.2, 0) is 37.5 Å². The molecule has 3 atom stereocenters. The predicted molar refractivity (Wildman–Crippen MR) is 203 cm³/mol. The molecule has 0 spiro atoms. The third kappa shape index (κ3) is 35.3. The Bertz CT molecular complexity index is 890. The maximum absolute atomic E-state index is 12.6. The molecule has 0 saturated heterocycles. The van der Waals surface area contributed by atoms with Crippen LogP contribution in [0.15, 0.2) is 0 Å². The molecule has 0 rings (SSSR count). The smallest absolute Gasteiger partial charge is 0.472 e. The van der Waals surface area contributed by atoms with Gasteiger partial charge in [-0.1, -0.05) is 174 Å². The average Bonchev–Trinajstić information content (AvgIpc) is 3.10. The van der Waals surface area contributed by atoms with E-state index in [1.54, 1.807) is 0 Å². The second-order valence-corrected chi connectivity index (χ2v) is 15.6. The number of aliphatic carboxylic acids is 1. The molecule has 0 aromatic carbocycles. The van der Waals surface area contributed by atoms with E-state index in [0.717, 1.165) is 38.5 Å². The summed E-state index contributed by atoms with van der Waals surface area (Å²) in [6.07, 6.45) is 31.6. The van der Waals surface area contributed by atoms with Crippen molar-refractivity contribution in [3.05, 3.63) is 0 Å². The molecule has 0 aliphatic carbocycles. The molecule has 0 bridgehead atoms. The Morgan fingerprint density at radius 2 is 0.863 bits per heavy atom. The van der Waals surface area contributed by atoms with E-state index in [0.29, 0.717) is 12.8 Å². The van der Waals surface area contributed by atoms with Gasteiger partial charge in [0.1, 0.15) is 12.6 Å². The number of carbonyl (C=O) groups excluding carboxylic acids is 2. The van der Waals surface area contributed by atoms with E-state index < -0.39 is 51.1 Å². The lowest BCUT2D eigenvalue weighted by atomic mass is 10.0. The van der Waals surface area contributed by atoms with Crippen LogP contribution in [-0.4, -0.2) is 59.9 Å². The van der Waals surface area contributed by atoms with Crippen LogP contribution in [0.1, 0.15) is 200 Å². The summed E-state index contributed by atoms with van der Waals surface area (Å²) in [6.45, 7) is 2.81. The number of esters is 2. The molecule has 4 N–H and O–H groups in total. The molecule has 0 aliphatic rings. The van der Waals surface area contributed by atoms with Gasteiger partial charge >= 0.3 is 25.7 Å². The highest BCUT2D eigenvalue weighted by molar-refractivity contribution is 7.47. The van der Waals surface area contributed by atoms with Gasteiger partial charge in [-0.25, -0.2) is 4.57 Å². The van der Waals surface area contributed by atoms with Crippen LogP contribution in [0.3, 0.4) is 0 Å². The molecule has 302 valence electrons. The van der Waals surface area contributed by atoms with Gasteiger partial charge in [-0.2, -0.15) is 0 Å². The van der Waals surface area contributed by atoms with Crippen molar-refractivity contribution >= 4 is 25.7 Å². The van der Waals surface area contributed by atoms with Gasteiger partial charge in [-0.05, 0) is 12.8 Å². The highest BCUT2D eigenvalue weighted by atomic mass is 31.2. The summed E-state index contributed by atoms with van der Waals surface area (Å²) < 4.78 is 32.6. The number of carbonyl (C=O) groups is 3. The Balaban J connectivity index is 4.36. The Morgan fingerprint density at radius 1 is 0.529 bits per heavy atom. The predicted octanol–water partition coefficient (Wildman–Crippen LogP) is 10.3. The second kappa shape index (κ2) is 35.5. The van der Waals surface area contributed by atoms with E-state index in [1.165, 1.54) is 122 Å². The summed E-state index contributed by atoms with van der Waals surface area (Å²) in [5.74, 6) is -2.36. The molecule has 0 saturated carbocycles. The number of unbranched alkanes of at least 4 members (excludes halogenated alkanes) is 25. The maximum Gasteiger partial charge on any atom is 0.472 e. The van der Waals surface area contributed by atoms with Crippen molar-refractivity contribution in [2.45, 2.75) is 212 Å². The van der Waals surface area contributed by atoms with Gasteiger partial charge in [0.2, 0.25) is 0 Å². The zero-order valence-corrected chi connectivity index (χ0v) is 33.4. The summed E-state index contributed by atoms with van der Waals surface area (Å²) in [6, 6.07) is -1.51. The van der Waals surface area contributed by atoms with Crippen LogP contribution in [0.2, 0.25) is 0 Å². The Kier molecular flexibility index (Phi) is 34.4. The summed E-state index contributed by atoms with van der Waals surface area (Å²) in [4.78, 5) is 45.8. The van der Waals surface area contributed by atoms with Crippen molar-refractivity contribution < 1.29 is 47.5 Å². The number of hydrogen-bond donors (Lipinski definition) is 3. The van der Waals surface area contributed by atoms with E-state index in [9.17, 15) is 23.8 Å². The molecule has 0 aromatic rings. The first-order valence-electron chi connectivity index (χ1n) is 20.6. The largest absolute Gasteiger partial charge is 0.480 e. The zero-order chi connectivity index (χ0) is 37.8. The number of carboxylic acids is 1. The minimum atomic E-state index is -4.70. The number of phosphoric acid groups is 1. The maximum atomic E-state index is 12.6. The van der Waals surface area contributed by atoms with Crippen LogP contribution in [0.25, 0.3) is 0 Å². The molecule has 51 heavy (non-hydrogen) atoms. The first-order valence-corrected chi connectivity index (χ1v) is 22.1. The van der Waals surface area contributed by atoms with Crippen LogP contribution in [0, 0.1) is 0 Å². The van der Waals surface area contributed by atoms with Gasteiger partial charge in [0.05, 0.1) is 13.2 Å². The van der Waals surface area contributed by atoms with E-state index >= 15 is 0 Å². The fourth-order valence-corrected chi connectivity index (χ4v) is 6.61. The third-order valence-electron chi connectivity index (χ3n) is 9.11. The van der Waals surface area contributed by atoms with Gasteiger partial charge in [0, 0.05) is 12.8 Å². The molecule has 3 unspecified atom stereocenters. The van der Waals surface area contributed by atoms with Crippen molar-refractivity contribution in [3.63, 3.8) is 0 Å². The fourth-order valence-electron chi connectivity index (χ4n) is 5.83. The van der Waals surface area contributed by atoms with Crippen molar-refractivity contribution in [2.24, 2.45) is 5.73 Å². The van der Waals surface area contributed by atoms with Gasteiger partial charge in [-0.3, -0.25) is 23.4 Å². The van der Waals surface area contributed by atoms with Crippen molar-refractivity contribution in [3.8, 4) is 0 Å². The van der Waals surface area contributed by atoms with E-state index in [4.69, 9.17) is 24.8 Å². The molecule has 0 aromatic heterocycles. The number of carboxylic acid groups (broad SMARTS) is 1. The second-order valence-electron chi connectivity index (χ2n) is 14.1. The minimum absolute atomic E-state index is 0.169. The Hall–Kier alpha value is -1.52. The highest BCUT2D eigenvalue weighted by Gasteiger charge is 2.28. The first-order chi connectivity index (χ1) is 24.6. The Morgan fingerprint density at radius 3 is 1.24 bits per heavy atom. The third-order valence-corrected chi connectivity index (χ3v) is 10.1. The molecule has 0 fully saturated rings. The van der Waals surface area contributed by atoms with E-state index in [2.05, 4.69) is 18.4 Å². The monoisotopic (exact) mass is 750 g/mol. The van der Waals surface area contributed by atoms with Crippen LogP contribution < -0.4 is 5.73 Å². The SMILES string of the molecule is CCCCCCCCCCCCCCCCCC(=O)OC(COC(=O)CCCCCCCCCCCCCC)COP(=O)(O)OCC(N)C(=O)O. The molecular formula is C39H76NO10P. The topological polar surface area (TPSA) is 172 Å². The van der Waals surface area contributed by atoms with E-state index in [1.807, 2.05) is 0 Å². The van der Waals surface area contributed by atoms with Crippen molar-refractivity contribution in [1.29, 1.82) is 0 Å². The molecule has 11 nitrogen and oxygen atoms in total. The molecule has 0 amide bonds.